The van der Waals surface area contributed by atoms with Crippen LogP contribution >= 0.6 is 0 Å². The van der Waals surface area contributed by atoms with E-state index in [4.69, 9.17) is 4.42 Å². The SMILES string of the molecule is CCS(=O)(=O)N1CCCC[C@@H]1c1nnc(C2CCN(Cc3ccccc3C)CC2)o1. The quantitative estimate of drug-likeness (QED) is 0.693. The summed E-state index contributed by atoms with van der Waals surface area (Å²) in [6.07, 6.45) is 4.57. The van der Waals surface area contributed by atoms with Gasteiger partial charge in [0.2, 0.25) is 21.8 Å². The first kappa shape index (κ1) is 21.5. The summed E-state index contributed by atoms with van der Waals surface area (Å²) in [4.78, 5) is 2.48. The summed E-state index contributed by atoms with van der Waals surface area (Å²) in [7, 11) is -3.28. The van der Waals surface area contributed by atoms with Crippen LogP contribution in [0.4, 0.5) is 0 Å². The Labute approximate surface area is 179 Å². The van der Waals surface area contributed by atoms with Gasteiger partial charge in [0.15, 0.2) is 0 Å². The molecule has 0 spiro atoms. The molecule has 0 unspecified atom stereocenters. The Bertz CT molecular complexity index is 951. The number of benzene rings is 1. The average molecular weight is 433 g/mol. The van der Waals surface area contributed by atoms with Gasteiger partial charge in [0.1, 0.15) is 6.04 Å². The second-order valence-corrected chi connectivity index (χ2v) is 10.7. The molecule has 3 heterocycles. The van der Waals surface area contributed by atoms with E-state index >= 15 is 0 Å². The maximum absolute atomic E-state index is 12.5. The highest BCUT2D eigenvalue weighted by molar-refractivity contribution is 7.89. The number of sulfonamides is 1. The largest absolute Gasteiger partial charge is 0.423 e. The van der Waals surface area contributed by atoms with E-state index in [0.717, 1.165) is 51.7 Å². The van der Waals surface area contributed by atoms with E-state index in [1.807, 2.05) is 0 Å². The smallest absolute Gasteiger partial charge is 0.234 e. The Morgan fingerprint density at radius 1 is 1.03 bits per heavy atom. The lowest BCUT2D eigenvalue weighted by Gasteiger charge is -2.32. The monoisotopic (exact) mass is 432 g/mol. The van der Waals surface area contributed by atoms with Gasteiger partial charge in [-0.15, -0.1) is 10.2 Å². The predicted octanol–water partition coefficient (Wildman–Crippen LogP) is 3.63. The van der Waals surface area contributed by atoms with Crippen LogP contribution in [0.5, 0.6) is 0 Å². The molecule has 0 amide bonds. The molecule has 0 saturated carbocycles. The van der Waals surface area contributed by atoms with Crippen LogP contribution < -0.4 is 0 Å². The number of piperidine rings is 2. The molecule has 7 nitrogen and oxygen atoms in total. The number of rotatable bonds is 6. The molecule has 2 saturated heterocycles. The topological polar surface area (TPSA) is 79.5 Å². The van der Waals surface area contributed by atoms with Crippen LogP contribution in [0.25, 0.3) is 0 Å². The summed E-state index contributed by atoms with van der Waals surface area (Å²) in [5.74, 6) is 1.48. The molecule has 2 fully saturated rings. The number of likely N-dealkylation sites (tertiary alicyclic amines) is 1. The second kappa shape index (κ2) is 9.16. The molecule has 1 aromatic heterocycles. The van der Waals surface area contributed by atoms with Gasteiger partial charge in [0.05, 0.1) is 5.75 Å². The fourth-order valence-electron chi connectivity index (χ4n) is 4.56. The summed E-state index contributed by atoms with van der Waals surface area (Å²) >= 11 is 0. The first-order valence-corrected chi connectivity index (χ1v) is 12.7. The third kappa shape index (κ3) is 4.60. The maximum atomic E-state index is 12.5. The van der Waals surface area contributed by atoms with Crippen molar-refractivity contribution < 1.29 is 12.8 Å². The van der Waals surface area contributed by atoms with Crippen molar-refractivity contribution in [2.45, 2.75) is 64.5 Å². The molecule has 8 heteroatoms. The van der Waals surface area contributed by atoms with Crippen molar-refractivity contribution in [3.63, 3.8) is 0 Å². The Hall–Kier alpha value is -1.77. The number of hydrogen-bond donors (Lipinski definition) is 0. The molecular formula is C22H32N4O3S. The van der Waals surface area contributed by atoms with Gasteiger partial charge in [-0.25, -0.2) is 8.42 Å². The lowest BCUT2D eigenvalue weighted by atomic mass is 9.96. The minimum atomic E-state index is -3.28. The molecule has 1 atom stereocenters. The zero-order chi connectivity index (χ0) is 21.1. The summed E-state index contributed by atoms with van der Waals surface area (Å²) in [5, 5.41) is 8.60. The van der Waals surface area contributed by atoms with Crippen molar-refractivity contribution in [1.29, 1.82) is 0 Å². The maximum Gasteiger partial charge on any atom is 0.234 e. The van der Waals surface area contributed by atoms with Gasteiger partial charge in [0, 0.05) is 19.0 Å². The highest BCUT2D eigenvalue weighted by Gasteiger charge is 2.36. The molecule has 4 rings (SSSR count). The zero-order valence-corrected chi connectivity index (χ0v) is 18.8. The summed E-state index contributed by atoms with van der Waals surface area (Å²) in [6, 6.07) is 8.23. The summed E-state index contributed by atoms with van der Waals surface area (Å²) in [6.45, 7) is 7.35. The van der Waals surface area contributed by atoms with E-state index < -0.39 is 10.0 Å². The molecule has 0 N–H and O–H groups in total. The molecule has 2 aliphatic rings. The fourth-order valence-corrected chi connectivity index (χ4v) is 5.89. The van der Waals surface area contributed by atoms with E-state index in [2.05, 4.69) is 46.3 Å². The van der Waals surface area contributed by atoms with E-state index in [1.54, 1.807) is 11.2 Å². The summed E-state index contributed by atoms with van der Waals surface area (Å²) in [5.41, 5.74) is 2.71. The Morgan fingerprint density at radius 2 is 1.77 bits per heavy atom. The third-order valence-corrected chi connectivity index (χ3v) is 8.39. The van der Waals surface area contributed by atoms with Crippen LogP contribution in [0.15, 0.2) is 28.7 Å². The standard InChI is InChI=1S/C22H32N4O3S/c1-3-30(27,28)26-13-7-6-10-20(26)22-24-23-21(29-22)18-11-14-25(15-12-18)16-19-9-5-4-8-17(19)2/h4-5,8-9,18,20H,3,6-7,10-16H2,1-2H3/t20-/m1/s1. The van der Waals surface area contributed by atoms with E-state index in [0.29, 0.717) is 18.3 Å². The van der Waals surface area contributed by atoms with Gasteiger partial charge in [-0.2, -0.15) is 4.31 Å². The Kier molecular flexibility index (Phi) is 6.55. The minimum absolute atomic E-state index is 0.101. The third-order valence-electron chi connectivity index (χ3n) is 6.51. The Morgan fingerprint density at radius 3 is 2.50 bits per heavy atom. The van der Waals surface area contributed by atoms with E-state index in [9.17, 15) is 8.42 Å². The molecule has 2 aliphatic heterocycles. The molecule has 0 aliphatic carbocycles. The van der Waals surface area contributed by atoms with Gasteiger partial charge in [-0.3, -0.25) is 4.90 Å². The number of hydrogen-bond acceptors (Lipinski definition) is 6. The highest BCUT2D eigenvalue weighted by Crippen LogP contribution is 2.35. The highest BCUT2D eigenvalue weighted by atomic mass is 32.2. The molecule has 1 aromatic carbocycles. The number of aryl methyl sites for hydroxylation is 1. The Balaban J connectivity index is 1.39. The van der Waals surface area contributed by atoms with Crippen molar-refractivity contribution in [3.8, 4) is 0 Å². The van der Waals surface area contributed by atoms with Gasteiger partial charge in [-0.1, -0.05) is 30.7 Å². The first-order chi connectivity index (χ1) is 14.5. The van der Waals surface area contributed by atoms with Crippen molar-refractivity contribution in [3.05, 3.63) is 47.2 Å². The first-order valence-electron chi connectivity index (χ1n) is 11.1. The molecule has 164 valence electrons. The summed E-state index contributed by atoms with van der Waals surface area (Å²) < 4.78 is 32.6. The van der Waals surface area contributed by atoms with Gasteiger partial charge in [-0.05, 0) is 63.7 Å². The van der Waals surface area contributed by atoms with Crippen molar-refractivity contribution in [1.82, 2.24) is 19.4 Å². The molecule has 30 heavy (non-hydrogen) atoms. The normalized spacial score (nSPS) is 22.4. The lowest BCUT2D eigenvalue weighted by Crippen LogP contribution is -2.39. The van der Waals surface area contributed by atoms with Crippen LogP contribution in [-0.4, -0.2) is 53.2 Å². The fraction of sp³-hybridized carbons (Fsp3) is 0.636. The zero-order valence-electron chi connectivity index (χ0n) is 18.0. The van der Waals surface area contributed by atoms with Crippen LogP contribution in [-0.2, 0) is 16.6 Å². The number of nitrogens with zero attached hydrogens (tertiary/aromatic N) is 4. The molecular weight excluding hydrogens is 400 g/mol. The number of aromatic nitrogens is 2. The van der Waals surface area contributed by atoms with Gasteiger partial charge in [0.25, 0.3) is 0 Å². The van der Waals surface area contributed by atoms with Crippen molar-refractivity contribution in [2.75, 3.05) is 25.4 Å². The van der Waals surface area contributed by atoms with Crippen LogP contribution in [0.3, 0.4) is 0 Å². The van der Waals surface area contributed by atoms with Crippen LogP contribution in [0.1, 0.15) is 73.9 Å². The lowest BCUT2D eigenvalue weighted by molar-refractivity contribution is 0.183. The molecule has 2 aromatic rings. The van der Waals surface area contributed by atoms with E-state index in [-0.39, 0.29) is 17.7 Å². The molecule has 0 bridgehead atoms. The minimum Gasteiger partial charge on any atom is -0.423 e. The predicted molar refractivity (Wildman–Crippen MR) is 115 cm³/mol. The average Bonchev–Trinajstić information content (AvgIpc) is 3.26. The van der Waals surface area contributed by atoms with E-state index in [1.165, 1.54) is 11.1 Å². The van der Waals surface area contributed by atoms with Crippen LogP contribution in [0, 0.1) is 6.92 Å². The van der Waals surface area contributed by atoms with Gasteiger partial charge >= 0.3 is 0 Å². The molecule has 0 radical (unpaired) electrons. The van der Waals surface area contributed by atoms with Crippen molar-refractivity contribution in [2.24, 2.45) is 0 Å². The second-order valence-electron chi connectivity index (χ2n) is 8.48. The van der Waals surface area contributed by atoms with Gasteiger partial charge < -0.3 is 4.42 Å². The van der Waals surface area contributed by atoms with Crippen LogP contribution in [0.2, 0.25) is 0 Å². The van der Waals surface area contributed by atoms with Crippen molar-refractivity contribution >= 4 is 10.0 Å².